The molecule has 0 bridgehead atoms. The van der Waals surface area contributed by atoms with Crippen molar-refractivity contribution in [2.24, 2.45) is 5.41 Å². The fourth-order valence-electron chi connectivity index (χ4n) is 3.19. The molecule has 2 aromatic rings. The van der Waals surface area contributed by atoms with Crippen LogP contribution >= 0.6 is 0 Å². The zero-order valence-corrected chi connectivity index (χ0v) is 13.7. The summed E-state index contributed by atoms with van der Waals surface area (Å²) in [5.74, 6) is -0.144. The van der Waals surface area contributed by atoms with Gasteiger partial charge in [-0.05, 0) is 32.3 Å². The van der Waals surface area contributed by atoms with Gasteiger partial charge in [-0.3, -0.25) is 9.59 Å². The molecule has 122 valence electrons. The number of piperidine rings is 1. The van der Waals surface area contributed by atoms with Crippen LogP contribution in [0.3, 0.4) is 0 Å². The van der Waals surface area contributed by atoms with E-state index in [1.54, 1.807) is 28.9 Å². The number of nitrogens with zero attached hydrogens (tertiary/aromatic N) is 4. The highest BCUT2D eigenvalue weighted by Gasteiger charge is 2.39. The summed E-state index contributed by atoms with van der Waals surface area (Å²) < 4.78 is 1.62. The molecule has 2 aromatic heterocycles. The summed E-state index contributed by atoms with van der Waals surface area (Å²) in [6.07, 6.45) is 6.70. The topological polar surface area (TPSA) is 79.6 Å². The molecule has 1 aliphatic rings. The number of carbonyl (C=O) groups is 2. The van der Waals surface area contributed by atoms with Gasteiger partial charge in [0.05, 0.1) is 11.6 Å². The maximum Gasteiger partial charge on any atom is 0.259 e. The molecule has 1 fully saturated rings. The molecule has 0 unspecified atom stereocenters. The molecule has 1 N–H and O–H groups in total. The lowest BCUT2D eigenvalue weighted by atomic mass is 9.81. The Morgan fingerprint density at radius 3 is 2.87 bits per heavy atom. The number of amides is 2. The first-order chi connectivity index (χ1) is 10.9. The van der Waals surface area contributed by atoms with Crippen molar-refractivity contribution in [1.82, 2.24) is 24.8 Å². The van der Waals surface area contributed by atoms with Gasteiger partial charge in [0.1, 0.15) is 5.56 Å². The first-order valence-electron chi connectivity index (χ1n) is 7.76. The molecule has 1 atom stereocenters. The summed E-state index contributed by atoms with van der Waals surface area (Å²) in [5, 5.41) is 6.91. The second-order valence-electron chi connectivity index (χ2n) is 6.43. The Balaban J connectivity index is 1.88. The average molecular weight is 315 g/mol. The summed E-state index contributed by atoms with van der Waals surface area (Å²) >= 11 is 0. The van der Waals surface area contributed by atoms with Crippen LogP contribution < -0.4 is 5.32 Å². The van der Waals surface area contributed by atoms with E-state index in [-0.39, 0.29) is 11.8 Å². The second-order valence-corrected chi connectivity index (χ2v) is 6.43. The molecule has 1 saturated heterocycles. The van der Waals surface area contributed by atoms with Crippen LogP contribution in [0.5, 0.6) is 0 Å². The van der Waals surface area contributed by atoms with Crippen molar-refractivity contribution in [3.63, 3.8) is 0 Å². The third kappa shape index (κ3) is 2.67. The Labute approximate surface area is 134 Å². The van der Waals surface area contributed by atoms with Crippen molar-refractivity contribution in [2.75, 3.05) is 20.1 Å². The van der Waals surface area contributed by atoms with Gasteiger partial charge in [-0.1, -0.05) is 0 Å². The monoisotopic (exact) mass is 315 g/mol. The Morgan fingerprint density at radius 1 is 1.35 bits per heavy atom. The predicted octanol–water partition coefficient (Wildman–Crippen LogP) is 1.03. The smallest absolute Gasteiger partial charge is 0.259 e. The number of aryl methyl sites for hydroxylation is 1. The fourth-order valence-corrected chi connectivity index (χ4v) is 3.19. The van der Waals surface area contributed by atoms with Crippen molar-refractivity contribution < 1.29 is 9.59 Å². The van der Waals surface area contributed by atoms with E-state index in [0.29, 0.717) is 24.3 Å². The Hall–Kier alpha value is -2.44. The summed E-state index contributed by atoms with van der Waals surface area (Å²) in [7, 11) is 1.63. The van der Waals surface area contributed by atoms with Crippen LogP contribution in [0.4, 0.5) is 0 Å². The van der Waals surface area contributed by atoms with E-state index in [9.17, 15) is 9.59 Å². The summed E-state index contributed by atoms with van der Waals surface area (Å²) in [6.45, 7) is 4.89. The summed E-state index contributed by atoms with van der Waals surface area (Å²) in [4.78, 5) is 31.0. The zero-order valence-electron chi connectivity index (χ0n) is 13.7. The van der Waals surface area contributed by atoms with Crippen LogP contribution in [0.25, 0.3) is 5.65 Å². The Morgan fingerprint density at radius 2 is 2.13 bits per heavy atom. The van der Waals surface area contributed by atoms with Crippen LogP contribution in [0.15, 0.2) is 18.6 Å². The number of rotatable bonds is 2. The molecular weight excluding hydrogens is 294 g/mol. The Bertz CT molecular complexity index is 769. The van der Waals surface area contributed by atoms with Crippen LogP contribution in [0, 0.1) is 12.3 Å². The van der Waals surface area contributed by atoms with Crippen LogP contribution in [0.1, 0.15) is 35.7 Å². The molecule has 3 heterocycles. The van der Waals surface area contributed by atoms with Gasteiger partial charge >= 0.3 is 0 Å². The van der Waals surface area contributed by atoms with Gasteiger partial charge in [0.15, 0.2) is 5.65 Å². The van der Waals surface area contributed by atoms with Gasteiger partial charge in [-0.25, -0.2) is 9.50 Å². The van der Waals surface area contributed by atoms with Crippen LogP contribution in [-0.4, -0.2) is 51.4 Å². The van der Waals surface area contributed by atoms with Gasteiger partial charge < -0.3 is 10.2 Å². The van der Waals surface area contributed by atoms with Gasteiger partial charge in [0.2, 0.25) is 5.91 Å². The van der Waals surface area contributed by atoms with E-state index < -0.39 is 5.41 Å². The first kappa shape index (κ1) is 15.5. The lowest BCUT2D eigenvalue weighted by Crippen LogP contribution is -2.51. The lowest BCUT2D eigenvalue weighted by Gasteiger charge is -2.38. The van der Waals surface area contributed by atoms with E-state index in [4.69, 9.17) is 0 Å². The van der Waals surface area contributed by atoms with Gasteiger partial charge in [0, 0.05) is 32.5 Å². The standard InChI is InChI=1S/C16H21N5O2/c1-11-7-18-13-12(8-19-21(13)9-11)14(22)20-6-4-5-16(2,10-20)15(23)17-3/h7-9H,4-6,10H2,1-3H3,(H,17,23)/t16-/m0/s1. The number of nitrogens with one attached hydrogen (secondary N) is 1. The molecule has 3 rings (SSSR count). The SMILES string of the molecule is CNC(=O)[C@@]1(C)CCCN(C(=O)c2cnn3cc(C)cnc23)C1. The maximum absolute atomic E-state index is 12.9. The normalized spacial score (nSPS) is 21.4. The van der Waals surface area contributed by atoms with Gasteiger partial charge in [-0.2, -0.15) is 5.10 Å². The molecule has 0 spiro atoms. The number of hydrogen-bond donors (Lipinski definition) is 1. The summed E-state index contributed by atoms with van der Waals surface area (Å²) in [5.41, 5.74) is 1.46. The van der Waals surface area contributed by atoms with Crippen molar-refractivity contribution in [2.45, 2.75) is 26.7 Å². The minimum Gasteiger partial charge on any atom is -0.359 e. The van der Waals surface area contributed by atoms with Crippen molar-refractivity contribution in [3.05, 3.63) is 29.7 Å². The lowest BCUT2D eigenvalue weighted by molar-refractivity contribution is -0.132. The van der Waals surface area contributed by atoms with Crippen molar-refractivity contribution in [1.29, 1.82) is 0 Å². The molecule has 7 nitrogen and oxygen atoms in total. The molecule has 0 radical (unpaired) electrons. The van der Waals surface area contributed by atoms with E-state index in [1.807, 2.05) is 20.0 Å². The average Bonchev–Trinajstić information content (AvgIpc) is 2.96. The van der Waals surface area contributed by atoms with E-state index in [1.165, 1.54) is 0 Å². The second kappa shape index (κ2) is 5.64. The third-order valence-electron chi connectivity index (χ3n) is 4.47. The molecular formula is C16H21N5O2. The highest BCUT2D eigenvalue weighted by atomic mass is 16.2. The largest absolute Gasteiger partial charge is 0.359 e. The van der Waals surface area contributed by atoms with Gasteiger partial charge in [-0.15, -0.1) is 0 Å². The highest BCUT2D eigenvalue weighted by Crippen LogP contribution is 2.30. The molecule has 2 amide bonds. The minimum atomic E-state index is -0.546. The third-order valence-corrected chi connectivity index (χ3v) is 4.47. The van der Waals surface area contributed by atoms with Crippen molar-refractivity contribution in [3.8, 4) is 0 Å². The molecule has 7 heteroatoms. The van der Waals surface area contributed by atoms with E-state index >= 15 is 0 Å². The van der Waals surface area contributed by atoms with E-state index in [0.717, 1.165) is 18.4 Å². The number of carbonyl (C=O) groups excluding carboxylic acids is 2. The van der Waals surface area contributed by atoms with Crippen LogP contribution in [-0.2, 0) is 4.79 Å². The summed E-state index contributed by atoms with van der Waals surface area (Å²) in [6, 6.07) is 0. The molecule has 1 aliphatic heterocycles. The van der Waals surface area contributed by atoms with Crippen molar-refractivity contribution >= 4 is 17.5 Å². The molecule has 0 aliphatic carbocycles. The quantitative estimate of drug-likeness (QED) is 0.897. The zero-order chi connectivity index (χ0) is 16.6. The highest BCUT2D eigenvalue weighted by molar-refractivity contribution is 6.00. The van der Waals surface area contributed by atoms with Crippen LogP contribution in [0.2, 0.25) is 0 Å². The number of fused-ring (bicyclic) bond motifs is 1. The van der Waals surface area contributed by atoms with E-state index in [2.05, 4.69) is 15.4 Å². The molecule has 23 heavy (non-hydrogen) atoms. The number of likely N-dealkylation sites (tertiary alicyclic amines) is 1. The molecule has 0 aromatic carbocycles. The predicted molar refractivity (Wildman–Crippen MR) is 85.0 cm³/mol. The number of aromatic nitrogens is 3. The molecule has 0 saturated carbocycles. The maximum atomic E-state index is 12.9. The number of hydrogen-bond acceptors (Lipinski definition) is 4. The first-order valence-corrected chi connectivity index (χ1v) is 7.76. The van der Waals surface area contributed by atoms with Gasteiger partial charge in [0.25, 0.3) is 5.91 Å². The fraction of sp³-hybridized carbons (Fsp3) is 0.500. The minimum absolute atomic E-state index is 0.0244. The Kier molecular flexibility index (Phi) is 3.79.